The highest BCUT2D eigenvalue weighted by molar-refractivity contribution is 5.85. The molecule has 0 rings (SSSR count). The number of esters is 1. The Morgan fingerprint density at radius 3 is 2.41 bits per heavy atom. The van der Waals surface area contributed by atoms with Gasteiger partial charge in [0.1, 0.15) is 5.41 Å². The monoisotopic (exact) mass is 240 g/mol. The lowest BCUT2D eigenvalue weighted by Crippen LogP contribution is -2.42. The zero-order valence-corrected chi connectivity index (χ0v) is 11.1. The maximum atomic E-state index is 12.0. The van der Waals surface area contributed by atoms with Gasteiger partial charge in [0.2, 0.25) is 5.91 Å². The van der Waals surface area contributed by atoms with E-state index in [0.717, 1.165) is 0 Å². The van der Waals surface area contributed by atoms with Crippen LogP contribution in [0, 0.1) is 22.7 Å². The van der Waals surface area contributed by atoms with Crippen molar-refractivity contribution >= 4 is 11.9 Å². The maximum Gasteiger partial charge on any atom is 0.310 e. The average molecular weight is 240 g/mol. The van der Waals surface area contributed by atoms with Crippen molar-refractivity contribution in [1.82, 2.24) is 4.90 Å². The zero-order chi connectivity index (χ0) is 13.6. The van der Waals surface area contributed by atoms with Crippen LogP contribution >= 0.6 is 0 Å². The maximum absolute atomic E-state index is 12.0. The molecular weight excluding hydrogens is 220 g/mol. The van der Waals surface area contributed by atoms with E-state index >= 15 is 0 Å². The summed E-state index contributed by atoms with van der Waals surface area (Å²) in [6.45, 7) is 5.33. The first kappa shape index (κ1) is 15.4. The molecule has 96 valence electrons. The summed E-state index contributed by atoms with van der Waals surface area (Å²) in [5.41, 5.74) is -1.02. The summed E-state index contributed by atoms with van der Waals surface area (Å²) in [5.74, 6) is -1.02. The van der Waals surface area contributed by atoms with Gasteiger partial charge >= 0.3 is 5.97 Å². The van der Waals surface area contributed by atoms with E-state index in [0.29, 0.717) is 6.42 Å². The van der Waals surface area contributed by atoms with Gasteiger partial charge in [-0.3, -0.25) is 9.59 Å². The van der Waals surface area contributed by atoms with Crippen molar-refractivity contribution < 1.29 is 14.3 Å². The van der Waals surface area contributed by atoms with Gasteiger partial charge in [0.15, 0.2) is 0 Å². The third kappa shape index (κ3) is 3.74. The molecule has 0 aromatic rings. The van der Waals surface area contributed by atoms with Crippen LogP contribution in [0.3, 0.4) is 0 Å². The normalized spacial score (nSPS) is 15.3. The molecule has 0 aliphatic carbocycles. The van der Waals surface area contributed by atoms with Crippen LogP contribution in [-0.4, -0.2) is 37.5 Å². The minimum absolute atomic E-state index is 0.253. The van der Waals surface area contributed by atoms with Gasteiger partial charge in [0.05, 0.1) is 19.1 Å². The van der Waals surface area contributed by atoms with E-state index in [9.17, 15) is 9.59 Å². The molecule has 0 fully saturated rings. The highest BCUT2D eigenvalue weighted by Crippen LogP contribution is 2.22. The molecule has 5 nitrogen and oxygen atoms in total. The first-order valence-electron chi connectivity index (χ1n) is 5.57. The SMILES string of the molecule is CCC(C)(C#N)C(=O)N(C)CC(C)C(=O)OC. The summed E-state index contributed by atoms with van der Waals surface area (Å²) in [6, 6.07) is 2.02. The fourth-order valence-corrected chi connectivity index (χ4v) is 1.47. The predicted molar refractivity (Wildman–Crippen MR) is 62.8 cm³/mol. The van der Waals surface area contributed by atoms with Crippen LogP contribution in [0.15, 0.2) is 0 Å². The van der Waals surface area contributed by atoms with Gasteiger partial charge in [0.25, 0.3) is 0 Å². The number of rotatable bonds is 5. The Kier molecular flexibility index (Phi) is 5.66. The molecule has 2 unspecified atom stereocenters. The number of methoxy groups -OCH3 is 1. The van der Waals surface area contributed by atoms with Crippen LogP contribution < -0.4 is 0 Å². The van der Waals surface area contributed by atoms with Crippen molar-refractivity contribution in [2.45, 2.75) is 27.2 Å². The topological polar surface area (TPSA) is 70.4 Å². The zero-order valence-electron chi connectivity index (χ0n) is 11.1. The Morgan fingerprint density at radius 1 is 1.53 bits per heavy atom. The van der Waals surface area contributed by atoms with Gasteiger partial charge in [-0.1, -0.05) is 13.8 Å². The first-order valence-corrected chi connectivity index (χ1v) is 5.57. The van der Waals surface area contributed by atoms with Gasteiger partial charge < -0.3 is 9.64 Å². The molecule has 0 aromatic carbocycles. The molecule has 0 radical (unpaired) electrons. The van der Waals surface area contributed by atoms with Gasteiger partial charge in [-0.2, -0.15) is 5.26 Å². The number of amides is 1. The van der Waals surface area contributed by atoms with Gasteiger partial charge in [-0.25, -0.2) is 0 Å². The molecular formula is C12H20N2O3. The highest BCUT2D eigenvalue weighted by Gasteiger charge is 2.34. The van der Waals surface area contributed by atoms with Crippen LogP contribution in [-0.2, 0) is 14.3 Å². The van der Waals surface area contributed by atoms with E-state index in [4.69, 9.17) is 5.26 Å². The third-order valence-electron chi connectivity index (χ3n) is 2.92. The second kappa shape index (κ2) is 6.24. The van der Waals surface area contributed by atoms with Crippen LogP contribution in [0.1, 0.15) is 27.2 Å². The molecule has 0 N–H and O–H groups in total. The van der Waals surface area contributed by atoms with Gasteiger partial charge in [-0.05, 0) is 13.3 Å². The van der Waals surface area contributed by atoms with Crippen molar-refractivity contribution in [3.8, 4) is 6.07 Å². The molecule has 5 heteroatoms. The quantitative estimate of drug-likeness (QED) is 0.677. The molecule has 0 aliphatic rings. The Hall–Kier alpha value is -1.57. The first-order chi connectivity index (χ1) is 7.82. The molecule has 0 saturated heterocycles. The summed E-state index contributed by atoms with van der Waals surface area (Å²) in [7, 11) is 2.90. The summed E-state index contributed by atoms with van der Waals surface area (Å²) in [5, 5.41) is 9.00. The van der Waals surface area contributed by atoms with E-state index in [1.165, 1.54) is 12.0 Å². The van der Waals surface area contributed by atoms with E-state index in [-0.39, 0.29) is 18.4 Å². The Morgan fingerprint density at radius 2 is 2.06 bits per heavy atom. The van der Waals surface area contributed by atoms with Crippen molar-refractivity contribution in [3.05, 3.63) is 0 Å². The lowest BCUT2D eigenvalue weighted by molar-refractivity contribution is -0.147. The van der Waals surface area contributed by atoms with Crippen LogP contribution in [0.4, 0.5) is 0 Å². The van der Waals surface area contributed by atoms with Crippen molar-refractivity contribution in [2.75, 3.05) is 20.7 Å². The van der Waals surface area contributed by atoms with E-state index in [1.54, 1.807) is 27.8 Å². The van der Waals surface area contributed by atoms with Crippen LogP contribution in [0.2, 0.25) is 0 Å². The molecule has 0 heterocycles. The summed E-state index contributed by atoms with van der Waals surface area (Å²) >= 11 is 0. The van der Waals surface area contributed by atoms with Crippen LogP contribution in [0.25, 0.3) is 0 Å². The fourth-order valence-electron chi connectivity index (χ4n) is 1.47. The number of ether oxygens (including phenoxy) is 1. The summed E-state index contributed by atoms with van der Waals surface area (Å²) in [4.78, 5) is 24.7. The molecule has 0 spiro atoms. The Balaban J connectivity index is 4.63. The molecule has 0 aliphatic heterocycles. The lowest BCUT2D eigenvalue weighted by Gasteiger charge is -2.27. The lowest BCUT2D eigenvalue weighted by atomic mass is 9.87. The number of carbonyl (C=O) groups is 2. The van der Waals surface area contributed by atoms with E-state index < -0.39 is 11.3 Å². The number of hydrogen-bond donors (Lipinski definition) is 0. The predicted octanol–water partition coefficient (Wildman–Crippen LogP) is 1.19. The van der Waals surface area contributed by atoms with Gasteiger partial charge in [-0.15, -0.1) is 0 Å². The molecule has 1 amide bonds. The summed E-state index contributed by atoms with van der Waals surface area (Å²) in [6.07, 6.45) is 0.444. The highest BCUT2D eigenvalue weighted by atomic mass is 16.5. The number of hydrogen-bond acceptors (Lipinski definition) is 4. The number of carbonyl (C=O) groups excluding carboxylic acids is 2. The average Bonchev–Trinajstić information content (AvgIpc) is 2.35. The third-order valence-corrected chi connectivity index (χ3v) is 2.92. The van der Waals surface area contributed by atoms with E-state index in [1.807, 2.05) is 6.07 Å². The van der Waals surface area contributed by atoms with Crippen molar-refractivity contribution in [2.24, 2.45) is 11.3 Å². The molecule has 17 heavy (non-hydrogen) atoms. The molecule has 0 saturated carbocycles. The van der Waals surface area contributed by atoms with Crippen LogP contribution in [0.5, 0.6) is 0 Å². The second-order valence-corrected chi connectivity index (χ2v) is 4.41. The fraction of sp³-hybridized carbons (Fsp3) is 0.750. The molecule has 2 atom stereocenters. The Labute approximate surface area is 102 Å². The van der Waals surface area contributed by atoms with Gasteiger partial charge in [0, 0.05) is 13.6 Å². The largest absolute Gasteiger partial charge is 0.469 e. The smallest absolute Gasteiger partial charge is 0.310 e. The van der Waals surface area contributed by atoms with Crippen molar-refractivity contribution in [3.63, 3.8) is 0 Å². The number of nitrogens with zero attached hydrogens (tertiary/aromatic N) is 2. The molecule has 0 bridgehead atoms. The molecule has 0 aromatic heterocycles. The Bertz CT molecular complexity index is 335. The van der Waals surface area contributed by atoms with Crippen molar-refractivity contribution in [1.29, 1.82) is 5.26 Å². The number of nitriles is 1. The minimum Gasteiger partial charge on any atom is -0.469 e. The summed E-state index contributed by atoms with van der Waals surface area (Å²) < 4.78 is 4.59. The second-order valence-electron chi connectivity index (χ2n) is 4.41. The minimum atomic E-state index is -1.02. The standard InChI is InChI=1S/C12H20N2O3/c1-6-12(3,8-13)11(16)14(4)7-9(2)10(15)17-5/h9H,6-7H2,1-5H3. The van der Waals surface area contributed by atoms with E-state index in [2.05, 4.69) is 4.74 Å².